The Kier molecular flexibility index (Phi) is 3.23. The summed E-state index contributed by atoms with van der Waals surface area (Å²) in [6.07, 6.45) is 0. The van der Waals surface area contributed by atoms with E-state index in [0.29, 0.717) is 12.1 Å². The summed E-state index contributed by atoms with van der Waals surface area (Å²) in [4.78, 5) is 29.1. The molecule has 0 spiro atoms. The highest BCUT2D eigenvalue weighted by molar-refractivity contribution is 5.96. The van der Waals surface area contributed by atoms with Crippen LogP contribution in [0.3, 0.4) is 0 Å². The van der Waals surface area contributed by atoms with Crippen molar-refractivity contribution < 1.29 is 4.79 Å². The number of fused-ring (bicyclic) bond motifs is 4. The topological polar surface area (TPSA) is 52.0 Å². The molecule has 1 aliphatic rings. The van der Waals surface area contributed by atoms with E-state index in [-0.39, 0.29) is 11.3 Å². The van der Waals surface area contributed by atoms with Crippen molar-refractivity contribution in [2.75, 3.05) is 0 Å². The Hall–Kier alpha value is -2.75. The molecular weight excluding hydrogens is 312 g/mol. The molecule has 0 saturated heterocycles. The molecule has 0 atom stereocenters. The zero-order valence-electron chi connectivity index (χ0n) is 15.2. The molecule has 0 N–H and O–H groups in total. The van der Waals surface area contributed by atoms with Gasteiger partial charge in [0.15, 0.2) is 5.78 Å². The first kappa shape index (κ1) is 15.8. The van der Waals surface area contributed by atoms with Crippen molar-refractivity contribution in [2.24, 2.45) is 0 Å². The predicted molar refractivity (Wildman–Crippen MR) is 99.5 cm³/mol. The molecule has 2 aromatic heterocycles. The number of hydrogen-bond donors (Lipinski definition) is 0. The average Bonchev–Trinajstić information content (AvgIpc) is 2.92. The van der Waals surface area contributed by atoms with Crippen LogP contribution in [0.2, 0.25) is 0 Å². The van der Waals surface area contributed by atoms with E-state index in [0.717, 1.165) is 22.5 Å². The van der Waals surface area contributed by atoms with Gasteiger partial charge in [-0.15, -0.1) is 0 Å². The van der Waals surface area contributed by atoms with Crippen LogP contribution in [0.15, 0.2) is 23.0 Å². The smallest absolute Gasteiger partial charge is 0.252 e. The van der Waals surface area contributed by atoms with Gasteiger partial charge < -0.3 is 4.57 Å². The van der Waals surface area contributed by atoms with E-state index < -0.39 is 0 Å². The van der Waals surface area contributed by atoms with Crippen LogP contribution in [0.4, 0.5) is 0 Å². The van der Waals surface area contributed by atoms with Crippen LogP contribution in [0.5, 0.6) is 0 Å². The second-order valence-corrected chi connectivity index (χ2v) is 7.01. The summed E-state index contributed by atoms with van der Waals surface area (Å²) in [6, 6.07) is 5.33. The molecule has 0 amide bonds. The maximum absolute atomic E-state index is 12.5. The van der Waals surface area contributed by atoms with Gasteiger partial charge in [0.05, 0.1) is 23.4 Å². The van der Waals surface area contributed by atoms with Gasteiger partial charge in [-0.3, -0.25) is 9.59 Å². The molecule has 0 saturated carbocycles. The first-order valence-electron chi connectivity index (χ1n) is 8.45. The lowest BCUT2D eigenvalue weighted by Gasteiger charge is -2.14. The minimum Gasteiger partial charge on any atom is -0.302 e. The Morgan fingerprint density at radius 1 is 1.04 bits per heavy atom. The Morgan fingerprint density at radius 3 is 2.44 bits per heavy atom. The van der Waals surface area contributed by atoms with Crippen molar-refractivity contribution in [2.45, 2.75) is 41.2 Å². The molecule has 4 heteroatoms. The monoisotopic (exact) mass is 332 g/mol. The minimum atomic E-state index is -0.145. The van der Waals surface area contributed by atoms with Crippen molar-refractivity contribution in [3.8, 4) is 11.4 Å². The Bertz CT molecular complexity index is 1150. The van der Waals surface area contributed by atoms with E-state index in [1.165, 1.54) is 40.6 Å². The van der Waals surface area contributed by atoms with Crippen LogP contribution in [0, 0.1) is 27.7 Å². The predicted octanol–water partition coefficient (Wildman–Crippen LogP) is 3.86. The van der Waals surface area contributed by atoms with Crippen LogP contribution in [0.1, 0.15) is 45.1 Å². The maximum atomic E-state index is 12.5. The van der Waals surface area contributed by atoms with Gasteiger partial charge >= 0.3 is 0 Å². The SMILES string of the molecule is CC(=O)c1cc2n(c(=O)c1)Cc1c-2nc2cc(C)c(C)c(C)c2c1C. The van der Waals surface area contributed by atoms with Gasteiger partial charge in [-0.2, -0.15) is 0 Å². The molecule has 1 aliphatic heterocycles. The zero-order valence-corrected chi connectivity index (χ0v) is 15.2. The second-order valence-electron chi connectivity index (χ2n) is 7.01. The van der Waals surface area contributed by atoms with Gasteiger partial charge in [0.25, 0.3) is 5.56 Å². The minimum absolute atomic E-state index is 0.103. The number of pyridine rings is 2. The third kappa shape index (κ3) is 2.10. The van der Waals surface area contributed by atoms with Crippen molar-refractivity contribution in [3.63, 3.8) is 0 Å². The van der Waals surface area contributed by atoms with Gasteiger partial charge in [-0.25, -0.2) is 4.98 Å². The molecule has 4 nitrogen and oxygen atoms in total. The van der Waals surface area contributed by atoms with Crippen LogP contribution in [-0.4, -0.2) is 15.3 Å². The largest absolute Gasteiger partial charge is 0.302 e. The molecule has 25 heavy (non-hydrogen) atoms. The van der Waals surface area contributed by atoms with Gasteiger partial charge in [0, 0.05) is 22.6 Å². The number of carbonyl (C=O) groups is 1. The highest BCUT2D eigenvalue weighted by atomic mass is 16.1. The first-order valence-corrected chi connectivity index (χ1v) is 8.45. The summed E-state index contributed by atoms with van der Waals surface area (Å²) < 4.78 is 1.71. The second kappa shape index (κ2) is 5.12. The van der Waals surface area contributed by atoms with E-state index >= 15 is 0 Å². The van der Waals surface area contributed by atoms with Crippen molar-refractivity contribution >= 4 is 16.7 Å². The van der Waals surface area contributed by atoms with Gasteiger partial charge in [-0.05, 0) is 69.0 Å². The van der Waals surface area contributed by atoms with Crippen LogP contribution >= 0.6 is 0 Å². The summed E-state index contributed by atoms with van der Waals surface area (Å²) in [6.45, 7) is 10.5. The number of aromatic nitrogens is 2. The Balaban J connectivity index is 2.11. The fourth-order valence-electron chi connectivity index (χ4n) is 3.86. The lowest BCUT2D eigenvalue weighted by atomic mass is 9.93. The molecule has 4 rings (SSSR count). The molecule has 0 fully saturated rings. The van der Waals surface area contributed by atoms with E-state index in [2.05, 4.69) is 33.8 Å². The maximum Gasteiger partial charge on any atom is 0.252 e. The molecule has 0 aliphatic carbocycles. The quantitative estimate of drug-likeness (QED) is 0.497. The third-order valence-electron chi connectivity index (χ3n) is 5.58. The molecule has 1 aromatic carbocycles. The number of ketones is 1. The molecule has 0 bridgehead atoms. The van der Waals surface area contributed by atoms with Gasteiger partial charge in [-0.1, -0.05) is 0 Å². The molecule has 0 unspecified atom stereocenters. The fraction of sp³-hybridized carbons (Fsp3) is 0.286. The fourth-order valence-corrected chi connectivity index (χ4v) is 3.86. The van der Waals surface area contributed by atoms with Crippen LogP contribution in [0.25, 0.3) is 22.3 Å². The van der Waals surface area contributed by atoms with Crippen molar-refractivity contribution in [1.29, 1.82) is 0 Å². The number of nitrogens with zero attached hydrogens (tertiary/aromatic N) is 2. The number of rotatable bonds is 1. The van der Waals surface area contributed by atoms with Crippen molar-refractivity contribution in [1.82, 2.24) is 9.55 Å². The summed E-state index contributed by atoms with van der Waals surface area (Å²) in [5.74, 6) is -0.103. The molecular formula is C21H20N2O2. The summed E-state index contributed by atoms with van der Waals surface area (Å²) in [5, 5.41) is 1.18. The third-order valence-corrected chi connectivity index (χ3v) is 5.58. The normalized spacial score (nSPS) is 12.4. The van der Waals surface area contributed by atoms with Crippen molar-refractivity contribution in [3.05, 3.63) is 61.9 Å². The van der Waals surface area contributed by atoms with Crippen LogP contribution in [-0.2, 0) is 6.54 Å². The number of hydrogen-bond acceptors (Lipinski definition) is 3. The molecule has 0 radical (unpaired) electrons. The van der Waals surface area contributed by atoms with E-state index in [1.807, 2.05) is 0 Å². The number of aryl methyl sites for hydroxylation is 3. The lowest BCUT2D eigenvalue weighted by molar-refractivity contribution is 0.101. The lowest BCUT2D eigenvalue weighted by Crippen LogP contribution is -2.19. The number of benzene rings is 1. The zero-order chi connectivity index (χ0) is 18.0. The standard InChI is InChI=1S/C21H20N2O2/c1-10-6-17-20(12(3)11(10)2)13(4)16-9-23-18(21(16)22-17)7-15(14(5)24)8-19(23)25/h6-8H,9H2,1-5H3. The first-order chi connectivity index (χ1) is 11.8. The summed E-state index contributed by atoms with van der Waals surface area (Å²) in [5.41, 5.74) is 8.81. The van der Waals surface area contributed by atoms with E-state index in [1.54, 1.807) is 10.6 Å². The Morgan fingerprint density at radius 2 is 1.76 bits per heavy atom. The highest BCUT2D eigenvalue weighted by Crippen LogP contribution is 2.37. The average molecular weight is 332 g/mol. The van der Waals surface area contributed by atoms with Gasteiger partial charge in [0.1, 0.15) is 0 Å². The van der Waals surface area contributed by atoms with Gasteiger partial charge in [0.2, 0.25) is 0 Å². The van der Waals surface area contributed by atoms with Crippen LogP contribution < -0.4 is 5.56 Å². The van der Waals surface area contributed by atoms with E-state index in [9.17, 15) is 9.59 Å². The summed E-state index contributed by atoms with van der Waals surface area (Å²) >= 11 is 0. The molecule has 3 aromatic rings. The molecule has 3 heterocycles. The highest BCUT2D eigenvalue weighted by Gasteiger charge is 2.26. The summed E-state index contributed by atoms with van der Waals surface area (Å²) in [7, 11) is 0. The number of Topliss-reactive ketones (excluding diaryl/α,β-unsaturated/α-hetero) is 1. The Labute approximate surface area is 146 Å². The number of carbonyl (C=O) groups excluding carboxylic acids is 1. The molecule has 126 valence electrons. The van der Waals surface area contributed by atoms with E-state index in [4.69, 9.17) is 4.98 Å².